The van der Waals surface area contributed by atoms with Crippen molar-refractivity contribution in [3.8, 4) is 5.75 Å². The van der Waals surface area contributed by atoms with Crippen LogP contribution in [0.1, 0.15) is 17.2 Å². The summed E-state index contributed by atoms with van der Waals surface area (Å²) in [5.74, 6) is -2.51. The Morgan fingerprint density at radius 3 is 2.56 bits per heavy atom. The van der Waals surface area contributed by atoms with Crippen LogP contribution in [0.5, 0.6) is 5.75 Å². The van der Waals surface area contributed by atoms with Gasteiger partial charge in [-0.15, -0.1) is 0 Å². The van der Waals surface area contributed by atoms with Crippen molar-refractivity contribution in [2.24, 2.45) is 0 Å². The quantitative estimate of drug-likeness (QED) is 0.359. The van der Waals surface area contributed by atoms with E-state index in [9.17, 15) is 19.1 Å². The highest BCUT2D eigenvalue weighted by Gasteiger charge is 2.46. The van der Waals surface area contributed by atoms with E-state index in [4.69, 9.17) is 9.47 Å². The average Bonchev–Trinajstić information content (AvgIpc) is 3.06. The number of nitrogens with zero attached hydrogens (tertiary/aromatic N) is 1. The SMILES string of the molecule is COCCN1C(=O)C(=O)/C(=C(/O)c2cc(F)ccc2OC)C1c1cccc2ccccc12. The van der Waals surface area contributed by atoms with Gasteiger partial charge in [0.1, 0.15) is 17.3 Å². The van der Waals surface area contributed by atoms with Crippen molar-refractivity contribution in [2.45, 2.75) is 6.04 Å². The van der Waals surface area contributed by atoms with Gasteiger partial charge >= 0.3 is 0 Å². The van der Waals surface area contributed by atoms with Crippen molar-refractivity contribution in [2.75, 3.05) is 27.4 Å². The molecule has 164 valence electrons. The molecule has 3 aromatic carbocycles. The first-order valence-electron chi connectivity index (χ1n) is 10.1. The molecule has 1 aliphatic heterocycles. The van der Waals surface area contributed by atoms with Gasteiger partial charge in [-0.2, -0.15) is 0 Å². The van der Waals surface area contributed by atoms with Gasteiger partial charge in [0.25, 0.3) is 11.7 Å². The minimum Gasteiger partial charge on any atom is -0.507 e. The zero-order chi connectivity index (χ0) is 22.8. The number of benzene rings is 3. The zero-order valence-corrected chi connectivity index (χ0v) is 17.7. The maximum absolute atomic E-state index is 14.0. The second kappa shape index (κ2) is 8.80. The highest BCUT2D eigenvalue weighted by atomic mass is 19.1. The summed E-state index contributed by atoms with van der Waals surface area (Å²) in [7, 11) is 2.88. The number of ketones is 1. The number of halogens is 1. The summed E-state index contributed by atoms with van der Waals surface area (Å²) in [6, 6.07) is 15.9. The number of ether oxygens (including phenoxy) is 2. The van der Waals surface area contributed by atoms with E-state index in [-0.39, 0.29) is 30.0 Å². The van der Waals surface area contributed by atoms with Gasteiger partial charge in [0, 0.05) is 13.7 Å². The van der Waals surface area contributed by atoms with Crippen molar-refractivity contribution in [1.29, 1.82) is 0 Å². The molecule has 1 N–H and O–H groups in total. The van der Waals surface area contributed by atoms with Gasteiger partial charge in [-0.25, -0.2) is 4.39 Å². The van der Waals surface area contributed by atoms with Crippen LogP contribution in [0.2, 0.25) is 0 Å². The number of Topliss-reactive ketones (excluding diaryl/α,β-unsaturated/α-hetero) is 1. The van der Waals surface area contributed by atoms with Crippen LogP contribution in [0.25, 0.3) is 16.5 Å². The maximum Gasteiger partial charge on any atom is 0.295 e. The third-order valence-corrected chi connectivity index (χ3v) is 5.61. The lowest BCUT2D eigenvalue weighted by molar-refractivity contribution is -0.140. The molecule has 3 aromatic rings. The standard InChI is InChI=1S/C25H22FNO5/c1-31-13-12-27-22(18-9-5-7-15-6-3-4-8-17(15)18)21(24(29)25(27)30)23(28)19-14-16(26)10-11-20(19)32-2/h3-11,14,22,28H,12-13H2,1-2H3/b23-21+. The van der Waals surface area contributed by atoms with E-state index in [2.05, 4.69) is 0 Å². The Hall–Kier alpha value is -3.71. The normalized spacial score (nSPS) is 17.8. The number of hydrogen-bond acceptors (Lipinski definition) is 5. The van der Waals surface area contributed by atoms with Crippen molar-refractivity contribution < 1.29 is 28.6 Å². The summed E-state index contributed by atoms with van der Waals surface area (Å²) >= 11 is 0. The fourth-order valence-electron chi connectivity index (χ4n) is 4.12. The molecule has 1 saturated heterocycles. The topological polar surface area (TPSA) is 76.1 Å². The van der Waals surface area contributed by atoms with Crippen LogP contribution in [-0.4, -0.2) is 49.1 Å². The lowest BCUT2D eigenvalue weighted by atomic mass is 9.91. The van der Waals surface area contributed by atoms with Crippen LogP contribution in [0.15, 0.2) is 66.2 Å². The number of hydrogen-bond donors (Lipinski definition) is 1. The Bertz CT molecular complexity index is 1230. The molecule has 1 fully saturated rings. The second-order valence-electron chi connectivity index (χ2n) is 7.40. The Morgan fingerprint density at radius 2 is 1.81 bits per heavy atom. The smallest absolute Gasteiger partial charge is 0.295 e. The van der Waals surface area contributed by atoms with Gasteiger partial charge in [-0.3, -0.25) is 9.59 Å². The first kappa shape index (κ1) is 21.5. The number of carbonyl (C=O) groups is 2. The van der Waals surface area contributed by atoms with E-state index >= 15 is 0 Å². The fraction of sp³-hybridized carbons (Fsp3) is 0.200. The van der Waals surface area contributed by atoms with Crippen LogP contribution in [0, 0.1) is 5.82 Å². The molecule has 7 heteroatoms. The third kappa shape index (κ3) is 3.61. The molecule has 1 aliphatic rings. The van der Waals surface area contributed by atoms with Crippen LogP contribution in [0.4, 0.5) is 4.39 Å². The molecule has 4 rings (SSSR count). The van der Waals surface area contributed by atoms with E-state index in [0.29, 0.717) is 5.56 Å². The monoisotopic (exact) mass is 435 g/mol. The van der Waals surface area contributed by atoms with Gasteiger partial charge in [0.05, 0.1) is 30.9 Å². The highest BCUT2D eigenvalue weighted by Crippen LogP contribution is 2.42. The summed E-state index contributed by atoms with van der Waals surface area (Å²) in [6.07, 6.45) is 0. The molecule has 0 radical (unpaired) electrons. The summed E-state index contributed by atoms with van der Waals surface area (Å²) in [4.78, 5) is 27.5. The summed E-state index contributed by atoms with van der Waals surface area (Å²) in [6.45, 7) is 0.351. The summed E-state index contributed by atoms with van der Waals surface area (Å²) in [5, 5.41) is 13.0. The van der Waals surface area contributed by atoms with E-state index in [1.54, 1.807) is 0 Å². The molecule has 1 atom stereocenters. The third-order valence-electron chi connectivity index (χ3n) is 5.61. The fourth-order valence-corrected chi connectivity index (χ4v) is 4.12. The minimum absolute atomic E-state index is 0.00229. The molecule has 1 unspecified atom stereocenters. The zero-order valence-electron chi connectivity index (χ0n) is 17.7. The van der Waals surface area contributed by atoms with Crippen LogP contribution in [0.3, 0.4) is 0 Å². The molecule has 1 heterocycles. The first-order chi connectivity index (χ1) is 15.5. The molecule has 32 heavy (non-hydrogen) atoms. The second-order valence-corrected chi connectivity index (χ2v) is 7.40. The molecular weight excluding hydrogens is 413 g/mol. The van der Waals surface area contributed by atoms with Crippen molar-refractivity contribution in [3.05, 3.63) is 83.2 Å². The number of amides is 1. The van der Waals surface area contributed by atoms with Gasteiger partial charge < -0.3 is 19.5 Å². The molecule has 1 amide bonds. The molecule has 0 aliphatic carbocycles. The van der Waals surface area contributed by atoms with Crippen LogP contribution < -0.4 is 4.74 Å². The first-order valence-corrected chi connectivity index (χ1v) is 10.1. The van der Waals surface area contributed by atoms with Crippen molar-refractivity contribution in [3.63, 3.8) is 0 Å². The molecule has 6 nitrogen and oxygen atoms in total. The van der Waals surface area contributed by atoms with Gasteiger partial charge in [-0.1, -0.05) is 42.5 Å². The number of likely N-dealkylation sites (tertiary alicyclic amines) is 1. The van der Waals surface area contributed by atoms with E-state index < -0.39 is 29.3 Å². The Balaban J connectivity index is 1.99. The maximum atomic E-state index is 14.0. The number of aliphatic hydroxyl groups is 1. The Morgan fingerprint density at radius 1 is 1.06 bits per heavy atom. The number of rotatable bonds is 6. The molecular formula is C25H22FNO5. The number of aliphatic hydroxyl groups excluding tert-OH is 1. The molecule has 0 spiro atoms. The largest absolute Gasteiger partial charge is 0.507 e. The summed E-state index contributed by atoms with van der Waals surface area (Å²) in [5.41, 5.74) is 0.559. The number of methoxy groups -OCH3 is 2. The van der Waals surface area contributed by atoms with Crippen LogP contribution >= 0.6 is 0 Å². The molecule has 0 bridgehead atoms. The van der Waals surface area contributed by atoms with Gasteiger partial charge in [-0.05, 0) is 34.5 Å². The lowest BCUT2D eigenvalue weighted by Crippen LogP contribution is -2.32. The highest BCUT2D eigenvalue weighted by molar-refractivity contribution is 6.46. The number of fused-ring (bicyclic) bond motifs is 1. The van der Waals surface area contributed by atoms with E-state index in [1.165, 1.54) is 31.3 Å². The predicted molar refractivity (Wildman–Crippen MR) is 118 cm³/mol. The van der Waals surface area contributed by atoms with Crippen molar-refractivity contribution >= 4 is 28.2 Å². The lowest BCUT2D eigenvalue weighted by Gasteiger charge is -2.26. The predicted octanol–water partition coefficient (Wildman–Crippen LogP) is 4.06. The summed E-state index contributed by atoms with van der Waals surface area (Å²) < 4.78 is 24.4. The Labute approximate surface area is 184 Å². The van der Waals surface area contributed by atoms with Gasteiger partial charge in [0.2, 0.25) is 0 Å². The van der Waals surface area contributed by atoms with Crippen molar-refractivity contribution in [1.82, 2.24) is 4.90 Å². The number of carbonyl (C=O) groups excluding carboxylic acids is 2. The molecule has 0 saturated carbocycles. The average molecular weight is 435 g/mol. The van der Waals surface area contributed by atoms with Gasteiger partial charge in [0.15, 0.2) is 0 Å². The van der Waals surface area contributed by atoms with Crippen LogP contribution in [-0.2, 0) is 14.3 Å². The molecule has 0 aromatic heterocycles. The minimum atomic E-state index is -0.871. The Kier molecular flexibility index (Phi) is 5.92. The van der Waals surface area contributed by atoms with E-state index in [0.717, 1.165) is 16.8 Å². The van der Waals surface area contributed by atoms with E-state index in [1.807, 2.05) is 42.5 Å².